The van der Waals surface area contributed by atoms with Gasteiger partial charge in [0, 0.05) is 4.88 Å². The Labute approximate surface area is 160 Å². The van der Waals surface area contributed by atoms with E-state index in [9.17, 15) is 4.79 Å². The summed E-state index contributed by atoms with van der Waals surface area (Å²) in [4.78, 5) is 14.3. The summed E-state index contributed by atoms with van der Waals surface area (Å²) in [6, 6.07) is 8.60. The molecule has 1 aliphatic heterocycles. The number of carbonyl (C=O) groups is 1. The molecule has 4 heteroatoms. The third kappa shape index (κ3) is 3.05. The Morgan fingerprint density at radius 2 is 1.88 bits per heavy atom. The van der Waals surface area contributed by atoms with Crippen LogP contribution in [0.15, 0.2) is 24.3 Å². The number of amides is 1. The first-order valence-electron chi connectivity index (χ1n) is 9.69. The van der Waals surface area contributed by atoms with Crippen LogP contribution in [0.2, 0.25) is 0 Å². The molecule has 1 aromatic carbocycles. The number of fused-ring (bicyclic) bond motifs is 3. The van der Waals surface area contributed by atoms with Gasteiger partial charge in [-0.05, 0) is 47.3 Å². The van der Waals surface area contributed by atoms with Crippen LogP contribution in [0.25, 0.3) is 0 Å². The van der Waals surface area contributed by atoms with E-state index in [0.29, 0.717) is 0 Å². The highest BCUT2D eigenvalue weighted by Gasteiger charge is 2.33. The van der Waals surface area contributed by atoms with E-state index in [4.69, 9.17) is 0 Å². The van der Waals surface area contributed by atoms with Crippen LogP contribution in [0.1, 0.15) is 78.6 Å². The molecule has 4 rings (SSSR count). The number of benzene rings is 1. The highest BCUT2D eigenvalue weighted by atomic mass is 32.1. The van der Waals surface area contributed by atoms with Crippen molar-refractivity contribution in [1.82, 2.24) is 5.32 Å². The number of carbonyl (C=O) groups excluding carboxylic acids is 1. The third-order valence-electron chi connectivity index (χ3n) is 5.83. The van der Waals surface area contributed by atoms with Crippen molar-refractivity contribution in [3.8, 4) is 0 Å². The van der Waals surface area contributed by atoms with Crippen molar-refractivity contribution in [2.24, 2.45) is 5.92 Å². The van der Waals surface area contributed by atoms with Crippen molar-refractivity contribution in [3.63, 3.8) is 0 Å². The zero-order chi connectivity index (χ0) is 18.5. The fourth-order valence-electron chi connectivity index (χ4n) is 4.06. The van der Waals surface area contributed by atoms with Gasteiger partial charge in [0.05, 0.1) is 5.56 Å². The highest BCUT2D eigenvalue weighted by molar-refractivity contribution is 7.16. The predicted octanol–water partition coefficient (Wildman–Crippen LogP) is 5.41. The second-order valence-electron chi connectivity index (χ2n) is 8.65. The van der Waals surface area contributed by atoms with Crippen LogP contribution >= 0.6 is 11.3 Å². The van der Waals surface area contributed by atoms with E-state index in [2.05, 4.69) is 62.6 Å². The minimum Gasteiger partial charge on any atom is -0.353 e. The molecule has 1 aromatic heterocycles. The molecule has 0 fully saturated rings. The van der Waals surface area contributed by atoms with Crippen LogP contribution in [0.5, 0.6) is 0 Å². The van der Waals surface area contributed by atoms with Crippen LogP contribution in [-0.2, 0) is 18.3 Å². The molecule has 3 nitrogen and oxygen atoms in total. The molecule has 2 atom stereocenters. The Bertz CT molecular complexity index is 829. The minimum atomic E-state index is -0.147. The van der Waals surface area contributed by atoms with Crippen molar-refractivity contribution in [1.29, 1.82) is 0 Å². The topological polar surface area (TPSA) is 41.1 Å². The van der Waals surface area contributed by atoms with Crippen molar-refractivity contribution < 1.29 is 4.79 Å². The molecular formula is C22H28N2OS. The summed E-state index contributed by atoms with van der Waals surface area (Å²) in [5.74, 6) is 0.850. The van der Waals surface area contributed by atoms with Gasteiger partial charge in [0.2, 0.25) is 0 Å². The third-order valence-corrected chi connectivity index (χ3v) is 7.02. The number of anilines is 1. The summed E-state index contributed by atoms with van der Waals surface area (Å²) in [5, 5.41) is 7.80. The van der Waals surface area contributed by atoms with Gasteiger partial charge in [0.1, 0.15) is 11.2 Å². The molecule has 2 N–H and O–H groups in total. The maximum atomic E-state index is 12.8. The molecule has 26 heavy (non-hydrogen) atoms. The summed E-state index contributed by atoms with van der Waals surface area (Å²) in [7, 11) is 0. The zero-order valence-corrected chi connectivity index (χ0v) is 16.9. The van der Waals surface area contributed by atoms with Gasteiger partial charge in [0.25, 0.3) is 5.91 Å². The molecular weight excluding hydrogens is 340 g/mol. The number of hydrogen-bond acceptors (Lipinski definition) is 3. The number of thiophene rings is 1. The molecule has 2 aliphatic rings. The average molecular weight is 369 g/mol. The molecule has 0 saturated carbocycles. The standard InChI is InChI=1S/C22H28N2OS/c1-5-13-6-11-16-17(12-13)26-21-18(16)20(25)23-19(24-21)14-7-9-15(10-8-14)22(2,3)4/h7-10,13,19,24H,5-6,11-12H2,1-4H3,(H,23,25)/t13-,19-/m0/s1. The maximum absolute atomic E-state index is 12.8. The van der Waals surface area contributed by atoms with Gasteiger partial charge in [-0.3, -0.25) is 4.79 Å². The highest BCUT2D eigenvalue weighted by Crippen LogP contribution is 2.43. The van der Waals surface area contributed by atoms with E-state index in [1.165, 1.54) is 28.8 Å². The summed E-state index contributed by atoms with van der Waals surface area (Å²) in [5.41, 5.74) is 4.75. The second kappa shape index (κ2) is 6.41. The summed E-state index contributed by atoms with van der Waals surface area (Å²) in [6.07, 6.45) is 4.46. The largest absolute Gasteiger partial charge is 0.353 e. The van der Waals surface area contributed by atoms with E-state index in [1.54, 1.807) is 11.3 Å². The Morgan fingerprint density at radius 1 is 1.15 bits per heavy atom. The van der Waals surface area contributed by atoms with Gasteiger partial charge in [-0.15, -0.1) is 11.3 Å². The molecule has 2 aromatic rings. The molecule has 0 bridgehead atoms. The smallest absolute Gasteiger partial charge is 0.256 e. The predicted molar refractivity (Wildman–Crippen MR) is 109 cm³/mol. The lowest BCUT2D eigenvalue weighted by Gasteiger charge is -2.28. The van der Waals surface area contributed by atoms with Crippen LogP contribution in [-0.4, -0.2) is 5.91 Å². The van der Waals surface area contributed by atoms with Crippen LogP contribution < -0.4 is 10.6 Å². The fraction of sp³-hybridized carbons (Fsp3) is 0.500. The van der Waals surface area contributed by atoms with Gasteiger partial charge in [-0.1, -0.05) is 58.4 Å². The Hall–Kier alpha value is -1.81. The summed E-state index contributed by atoms with van der Waals surface area (Å²) in [6.45, 7) is 8.92. The molecule has 138 valence electrons. The number of hydrogen-bond donors (Lipinski definition) is 2. The molecule has 1 amide bonds. The molecule has 0 unspecified atom stereocenters. The zero-order valence-electron chi connectivity index (χ0n) is 16.1. The van der Waals surface area contributed by atoms with E-state index in [-0.39, 0.29) is 17.5 Å². The number of nitrogens with one attached hydrogen (secondary N) is 2. The molecule has 0 spiro atoms. The van der Waals surface area contributed by atoms with Crippen molar-refractivity contribution in [2.45, 2.75) is 65.0 Å². The first kappa shape index (κ1) is 17.6. The lowest BCUT2D eigenvalue weighted by molar-refractivity contribution is 0.0935. The summed E-state index contributed by atoms with van der Waals surface area (Å²) >= 11 is 1.79. The van der Waals surface area contributed by atoms with Crippen LogP contribution in [0, 0.1) is 5.92 Å². The van der Waals surface area contributed by atoms with Gasteiger partial charge in [-0.2, -0.15) is 0 Å². The minimum absolute atomic E-state index is 0.0797. The summed E-state index contributed by atoms with van der Waals surface area (Å²) < 4.78 is 0. The quantitative estimate of drug-likeness (QED) is 0.743. The van der Waals surface area contributed by atoms with E-state index >= 15 is 0 Å². The van der Waals surface area contributed by atoms with Gasteiger partial charge < -0.3 is 10.6 Å². The molecule has 0 radical (unpaired) electrons. The van der Waals surface area contributed by atoms with E-state index < -0.39 is 0 Å². The lowest BCUT2D eigenvalue weighted by atomic mass is 9.85. The first-order valence-corrected chi connectivity index (χ1v) is 10.5. The maximum Gasteiger partial charge on any atom is 0.256 e. The van der Waals surface area contributed by atoms with Crippen molar-refractivity contribution in [2.75, 3.05) is 5.32 Å². The first-order chi connectivity index (χ1) is 12.4. The van der Waals surface area contributed by atoms with E-state index in [1.807, 2.05) is 0 Å². The Kier molecular flexibility index (Phi) is 4.34. The normalized spacial score (nSPS) is 22.2. The van der Waals surface area contributed by atoms with Gasteiger partial charge >= 0.3 is 0 Å². The van der Waals surface area contributed by atoms with Gasteiger partial charge in [0.15, 0.2) is 0 Å². The number of rotatable bonds is 2. The molecule has 1 aliphatic carbocycles. The lowest BCUT2D eigenvalue weighted by Crippen LogP contribution is -2.38. The second-order valence-corrected chi connectivity index (χ2v) is 9.75. The monoisotopic (exact) mass is 368 g/mol. The van der Waals surface area contributed by atoms with Gasteiger partial charge in [-0.25, -0.2) is 0 Å². The molecule has 0 saturated heterocycles. The fourth-order valence-corrected chi connectivity index (χ4v) is 5.44. The van der Waals surface area contributed by atoms with Crippen LogP contribution in [0.3, 0.4) is 0 Å². The van der Waals surface area contributed by atoms with Crippen molar-refractivity contribution in [3.05, 3.63) is 51.4 Å². The van der Waals surface area contributed by atoms with Crippen molar-refractivity contribution >= 4 is 22.2 Å². The average Bonchev–Trinajstić information content (AvgIpc) is 2.98. The van der Waals surface area contributed by atoms with E-state index in [0.717, 1.165) is 34.9 Å². The Balaban J connectivity index is 1.61. The Morgan fingerprint density at radius 3 is 2.54 bits per heavy atom. The molecule has 2 heterocycles. The van der Waals surface area contributed by atoms with Crippen LogP contribution in [0.4, 0.5) is 5.00 Å². The SMILES string of the molecule is CC[C@H]1CCc2c(sc3c2C(=O)N[C@H](c2ccc(C(C)(C)C)cc2)N3)C1.